The molecule has 0 N–H and O–H groups in total. The van der Waals surface area contributed by atoms with Gasteiger partial charge in [0, 0.05) is 19.3 Å². The number of unbranched alkanes of at least 4 members (excludes halogenated alkanes) is 46. The minimum atomic E-state index is -0.768. The van der Waals surface area contributed by atoms with Gasteiger partial charge in [-0.1, -0.05) is 352 Å². The number of ether oxygens (including phenoxy) is 3. The summed E-state index contributed by atoms with van der Waals surface area (Å²) < 4.78 is 16.8. The lowest BCUT2D eigenvalue weighted by molar-refractivity contribution is -0.167. The minimum absolute atomic E-state index is 0.0683. The second kappa shape index (κ2) is 67.9. The van der Waals surface area contributed by atoms with Crippen molar-refractivity contribution in [3.05, 3.63) is 48.6 Å². The normalized spacial score (nSPS) is 12.3. The molecule has 0 fully saturated rings. The van der Waals surface area contributed by atoms with E-state index in [1.54, 1.807) is 0 Å². The topological polar surface area (TPSA) is 78.9 Å². The molecule has 6 nitrogen and oxygen atoms in total. The van der Waals surface area contributed by atoms with Crippen LogP contribution in [0.2, 0.25) is 0 Å². The third-order valence-corrected chi connectivity index (χ3v) is 15.8. The van der Waals surface area contributed by atoms with Crippen molar-refractivity contribution in [3.8, 4) is 0 Å². The van der Waals surface area contributed by atoms with Crippen molar-refractivity contribution in [1.29, 1.82) is 0 Å². The maximum atomic E-state index is 12.9. The standard InChI is InChI=1S/C73H134O6/c1-4-7-10-13-15-17-19-21-23-25-27-29-31-33-35-36-38-39-41-43-45-47-49-51-53-55-57-60-63-66-72(75)78-69-70(68-77-71(74)65-62-59-12-9-6-3)79-73(76)67-64-61-58-56-54-52-50-48-46-44-42-40-37-34-32-30-28-26-24-22-20-18-16-14-11-8-5-2/h8,11,16,18,22,24,28,30,70H,4-7,9-10,12-15,17,19-21,23,25-27,29,31-69H2,1-3H3/b11-8-,18-16-,24-22-,30-28-. The Morgan fingerprint density at radius 3 is 0.772 bits per heavy atom. The van der Waals surface area contributed by atoms with Crippen molar-refractivity contribution in [3.63, 3.8) is 0 Å². The van der Waals surface area contributed by atoms with Crippen molar-refractivity contribution >= 4 is 17.9 Å². The van der Waals surface area contributed by atoms with Crippen LogP contribution in [-0.2, 0) is 28.6 Å². The maximum Gasteiger partial charge on any atom is 0.306 e. The van der Waals surface area contributed by atoms with Crippen LogP contribution < -0.4 is 0 Å². The van der Waals surface area contributed by atoms with E-state index in [2.05, 4.69) is 69.4 Å². The van der Waals surface area contributed by atoms with Gasteiger partial charge in [-0.05, 0) is 57.8 Å². The van der Waals surface area contributed by atoms with Gasteiger partial charge >= 0.3 is 17.9 Å². The molecule has 0 saturated heterocycles. The van der Waals surface area contributed by atoms with Crippen molar-refractivity contribution in [2.75, 3.05) is 13.2 Å². The van der Waals surface area contributed by atoms with Crippen LogP contribution in [0, 0.1) is 0 Å². The Morgan fingerprint density at radius 2 is 0.494 bits per heavy atom. The molecule has 0 spiro atoms. The van der Waals surface area contributed by atoms with Gasteiger partial charge in [-0.3, -0.25) is 14.4 Å². The van der Waals surface area contributed by atoms with E-state index in [-0.39, 0.29) is 31.1 Å². The van der Waals surface area contributed by atoms with E-state index >= 15 is 0 Å². The molecule has 6 heteroatoms. The highest BCUT2D eigenvalue weighted by molar-refractivity contribution is 5.71. The van der Waals surface area contributed by atoms with Crippen molar-refractivity contribution in [2.45, 2.75) is 386 Å². The second-order valence-electron chi connectivity index (χ2n) is 23.8. The summed E-state index contributed by atoms with van der Waals surface area (Å²) in [4.78, 5) is 38.0. The monoisotopic (exact) mass is 1110 g/mol. The van der Waals surface area contributed by atoms with Gasteiger partial charge in [-0.2, -0.15) is 0 Å². The quantitative estimate of drug-likeness (QED) is 0.0261. The first-order valence-corrected chi connectivity index (χ1v) is 35.1. The lowest BCUT2D eigenvalue weighted by Gasteiger charge is -2.18. The van der Waals surface area contributed by atoms with Gasteiger partial charge < -0.3 is 14.2 Å². The molecule has 0 aliphatic carbocycles. The predicted octanol–water partition coefficient (Wildman–Crippen LogP) is 24.1. The van der Waals surface area contributed by atoms with Gasteiger partial charge in [0.05, 0.1) is 0 Å². The van der Waals surface area contributed by atoms with E-state index in [4.69, 9.17) is 14.2 Å². The average Bonchev–Trinajstić information content (AvgIpc) is 3.45. The highest BCUT2D eigenvalue weighted by Crippen LogP contribution is 2.19. The van der Waals surface area contributed by atoms with E-state index in [1.165, 1.54) is 250 Å². The van der Waals surface area contributed by atoms with E-state index in [1.807, 2.05) is 0 Å². The molecule has 0 aromatic rings. The third-order valence-electron chi connectivity index (χ3n) is 15.8. The summed E-state index contributed by atoms with van der Waals surface area (Å²) in [6.45, 7) is 6.51. The summed E-state index contributed by atoms with van der Waals surface area (Å²) in [5.41, 5.74) is 0. The molecule has 1 unspecified atom stereocenters. The van der Waals surface area contributed by atoms with Gasteiger partial charge in [0.1, 0.15) is 13.2 Å². The fraction of sp³-hybridized carbons (Fsp3) is 0.849. The van der Waals surface area contributed by atoms with Crippen LogP contribution in [0.4, 0.5) is 0 Å². The fourth-order valence-electron chi connectivity index (χ4n) is 10.6. The number of hydrogen-bond acceptors (Lipinski definition) is 6. The molecular weight excluding hydrogens is 973 g/mol. The van der Waals surface area contributed by atoms with Crippen LogP contribution in [0.25, 0.3) is 0 Å². The fourth-order valence-corrected chi connectivity index (χ4v) is 10.6. The van der Waals surface area contributed by atoms with E-state index in [0.29, 0.717) is 19.3 Å². The van der Waals surface area contributed by atoms with Gasteiger partial charge in [-0.25, -0.2) is 0 Å². The maximum absolute atomic E-state index is 12.9. The summed E-state index contributed by atoms with van der Waals surface area (Å²) >= 11 is 0. The van der Waals surface area contributed by atoms with Gasteiger partial charge in [0.15, 0.2) is 6.10 Å². The summed E-state index contributed by atoms with van der Waals surface area (Å²) in [7, 11) is 0. The van der Waals surface area contributed by atoms with Gasteiger partial charge in [0.25, 0.3) is 0 Å². The molecule has 0 bridgehead atoms. The summed E-state index contributed by atoms with van der Waals surface area (Å²) in [6, 6.07) is 0. The lowest BCUT2D eigenvalue weighted by atomic mass is 10.0. The second-order valence-corrected chi connectivity index (χ2v) is 23.8. The molecule has 0 rings (SSSR count). The average molecular weight is 1110 g/mol. The molecule has 79 heavy (non-hydrogen) atoms. The zero-order valence-corrected chi connectivity index (χ0v) is 53.2. The smallest absolute Gasteiger partial charge is 0.306 e. The number of carbonyl (C=O) groups is 3. The van der Waals surface area contributed by atoms with Gasteiger partial charge in [-0.15, -0.1) is 0 Å². The summed E-state index contributed by atoms with van der Waals surface area (Å²) in [5.74, 6) is -0.860. The number of esters is 3. The van der Waals surface area contributed by atoms with E-state index in [9.17, 15) is 14.4 Å². The van der Waals surface area contributed by atoms with E-state index < -0.39 is 6.10 Å². The first-order valence-electron chi connectivity index (χ1n) is 35.1. The van der Waals surface area contributed by atoms with Crippen LogP contribution in [0.1, 0.15) is 380 Å². The minimum Gasteiger partial charge on any atom is -0.462 e. The Balaban J connectivity index is 3.93. The third kappa shape index (κ3) is 66.1. The van der Waals surface area contributed by atoms with Gasteiger partial charge in [0.2, 0.25) is 0 Å². The highest BCUT2D eigenvalue weighted by atomic mass is 16.6. The highest BCUT2D eigenvalue weighted by Gasteiger charge is 2.19. The largest absolute Gasteiger partial charge is 0.462 e. The molecule has 0 radical (unpaired) electrons. The lowest BCUT2D eigenvalue weighted by Crippen LogP contribution is -2.30. The summed E-state index contributed by atoms with van der Waals surface area (Å²) in [5, 5.41) is 0. The zero-order valence-electron chi connectivity index (χ0n) is 53.2. The van der Waals surface area contributed by atoms with Crippen LogP contribution in [0.3, 0.4) is 0 Å². The number of carbonyl (C=O) groups excluding carboxylic acids is 3. The van der Waals surface area contributed by atoms with Crippen LogP contribution in [0.5, 0.6) is 0 Å². The first-order chi connectivity index (χ1) is 39.0. The molecule has 0 aliphatic rings. The van der Waals surface area contributed by atoms with Crippen molar-refractivity contribution in [2.24, 2.45) is 0 Å². The Labute approximate surface area is 492 Å². The van der Waals surface area contributed by atoms with Crippen molar-refractivity contribution in [1.82, 2.24) is 0 Å². The zero-order chi connectivity index (χ0) is 57.1. The Kier molecular flexibility index (Phi) is 65.6. The molecule has 0 aromatic carbocycles. The Bertz CT molecular complexity index is 1360. The Hall–Kier alpha value is -2.63. The number of allylic oxidation sites excluding steroid dienone is 8. The number of hydrogen-bond donors (Lipinski definition) is 0. The molecule has 0 saturated carbocycles. The van der Waals surface area contributed by atoms with Crippen LogP contribution in [-0.4, -0.2) is 37.2 Å². The van der Waals surface area contributed by atoms with Crippen LogP contribution >= 0.6 is 0 Å². The predicted molar refractivity (Wildman–Crippen MR) is 344 cm³/mol. The first kappa shape index (κ1) is 76.4. The Morgan fingerprint density at radius 1 is 0.266 bits per heavy atom. The molecule has 462 valence electrons. The number of rotatable bonds is 65. The molecule has 0 heterocycles. The molecular formula is C73H134O6. The SMILES string of the molecule is CC/C=C\C/C=C\C/C=C\C/C=C\CCCCCCCCCCCCCCCCC(=O)OC(COC(=O)CCCCCCC)COC(=O)CCCCCCCCCCCCCCCCCCCCCCCCCCCCCCC. The summed E-state index contributed by atoms with van der Waals surface area (Å²) in [6.07, 6.45) is 86.3. The van der Waals surface area contributed by atoms with Crippen LogP contribution in [0.15, 0.2) is 48.6 Å². The molecule has 0 amide bonds. The van der Waals surface area contributed by atoms with E-state index in [0.717, 1.165) is 89.9 Å². The van der Waals surface area contributed by atoms with Crippen molar-refractivity contribution < 1.29 is 28.6 Å². The molecule has 0 aromatic heterocycles. The molecule has 0 aliphatic heterocycles. The molecule has 1 atom stereocenters.